The molecule has 2 aromatic carbocycles. The van der Waals surface area contributed by atoms with E-state index in [2.05, 4.69) is 19.9 Å². The molecule has 2 N–H and O–H groups in total. The average molecular weight is 507 g/mol. The van der Waals surface area contributed by atoms with E-state index < -0.39 is 10.0 Å². The summed E-state index contributed by atoms with van der Waals surface area (Å²) in [4.78, 5) is 7.60. The van der Waals surface area contributed by atoms with E-state index in [1.165, 1.54) is 11.3 Å². The lowest BCUT2D eigenvalue weighted by Gasteiger charge is -2.30. The van der Waals surface area contributed by atoms with E-state index in [1.807, 2.05) is 18.2 Å². The smallest absolute Gasteiger partial charge is 0.263 e. The van der Waals surface area contributed by atoms with Crippen LogP contribution in [0.5, 0.6) is 0 Å². The van der Waals surface area contributed by atoms with Gasteiger partial charge in [-0.25, -0.2) is 8.42 Å². The molecular weight excluding hydrogens is 487 g/mol. The van der Waals surface area contributed by atoms with Crippen molar-refractivity contribution in [1.29, 1.82) is 0 Å². The molecule has 5 rings (SSSR count). The highest BCUT2D eigenvalue weighted by Gasteiger charge is 2.25. The number of nitrogens with one attached hydrogen (secondary N) is 2. The van der Waals surface area contributed by atoms with Gasteiger partial charge in [-0.05, 0) is 43.3 Å². The number of aromatic nitrogens is 1. The Labute approximate surface area is 200 Å². The first-order chi connectivity index (χ1) is 15.3. The van der Waals surface area contributed by atoms with Crippen LogP contribution >= 0.6 is 34.5 Å². The molecule has 32 heavy (non-hydrogen) atoms. The molecule has 0 radical (unpaired) electrons. The summed E-state index contributed by atoms with van der Waals surface area (Å²) in [7, 11) is -3.87. The summed E-state index contributed by atoms with van der Waals surface area (Å²) in [6.07, 6.45) is 1.79. The monoisotopic (exact) mass is 506 g/mol. The summed E-state index contributed by atoms with van der Waals surface area (Å²) in [5.41, 5.74) is 2.35. The number of aryl methyl sites for hydroxylation is 1. The molecule has 1 fully saturated rings. The van der Waals surface area contributed by atoms with Crippen LogP contribution in [0.3, 0.4) is 0 Å². The van der Waals surface area contributed by atoms with E-state index in [4.69, 9.17) is 23.2 Å². The maximum atomic E-state index is 13.4. The second-order valence-corrected chi connectivity index (χ2v) is 11.3. The Kier molecular flexibility index (Phi) is 5.67. The molecule has 2 aromatic heterocycles. The van der Waals surface area contributed by atoms with Gasteiger partial charge in [0, 0.05) is 64.4 Å². The topological polar surface area (TPSA) is 74.3 Å². The largest absolute Gasteiger partial charge is 0.368 e. The molecule has 6 nitrogen and oxygen atoms in total. The van der Waals surface area contributed by atoms with Gasteiger partial charge < -0.3 is 10.2 Å². The van der Waals surface area contributed by atoms with Crippen molar-refractivity contribution in [2.75, 3.05) is 35.8 Å². The van der Waals surface area contributed by atoms with Crippen LogP contribution in [0.1, 0.15) is 4.88 Å². The SMILES string of the molecule is Cc1sc2c(Cl)cc(Cl)cc2c1S(=O)(=O)Nc1ccc2nccc(N3CCNCC3)c2c1. The highest BCUT2D eigenvalue weighted by Crippen LogP contribution is 2.41. The number of thiophene rings is 1. The predicted molar refractivity (Wildman–Crippen MR) is 134 cm³/mol. The molecule has 0 spiro atoms. The zero-order valence-corrected chi connectivity index (χ0v) is 20.3. The lowest BCUT2D eigenvalue weighted by atomic mass is 10.1. The molecule has 10 heteroatoms. The Morgan fingerprint density at radius 1 is 1.09 bits per heavy atom. The minimum atomic E-state index is -3.87. The lowest BCUT2D eigenvalue weighted by Crippen LogP contribution is -2.43. The number of pyridine rings is 1. The van der Waals surface area contributed by atoms with Gasteiger partial charge >= 0.3 is 0 Å². The number of halogens is 2. The summed E-state index contributed by atoms with van der Waals surface area (Å²) in [5.74, 6) is 0. The van der Waals surface area contributed by atoms with Crippen LogP contribution in [0.4, 0.5) is 11.4 Å². The van der Waals surface area contributed by atoms with Crippen molar-refractivity contribution in [2.45, 2.75) is 11.8 Å². The Bertz CT molecular complexity index is 1450. The average Bonchev–Trinajstić information content (AvgIpc) is 3.10. The van der Waals surface area contributed by atoms with E-state index >= 15 is 0 Å². The number of rotatable bonds is 4. The summed E-state index contributed by atoms with van der Waals surface area (Å²) in [6, 6.07) is 10.7. The second kappa shape index (κ2) is 8.35. The molecule has 4 aromatic rings. The molecule has 0 atom stereocenters. The van der Waals surface area contributed by atoms with Crippen LogP contribution in [0, 0.1) is 6.92 Å². The minimum Gasteiger partial charge on any atom is -0.368 e. The molecular formula is C22H20Cl2N4O2S2. The zero-order chi connectivity index (χ0) is 22.5. The Morgan fingerprint density at radius 2 is 1.88 bits per heavy atom. The Balaban J connectivity index is 1.57. The fourth-order valence-corrected chi connectivity index (χ4v) is 7.57. The second-order valence-electron chi connectivity index (χ2n) is 7.66. The molecule has 0 unspecified atom stereocenters. The van der Waals surface area contributed by atoms with Crippen LogP contribution in [-0.4, -0.2) is 39.6 Å². The van der Waals surface area contributed by atoms with Crippen molar-refractivity contribution in [3.63, 3.8) is 0 Å². The van der Waals surface area contributed by atoms with Crippen LogP contribution in [0.2, 0.25) is 10.0 Å². The number of anilines is 2. The fraction of sp³-hybridized carbons (Fsp3) is 0.227. The zero-order valence-electron chi connectivity index (χ0n) is 17.2. The van der Waals surface area contributed by atoms with Crippen LogP contribution in [0.15, 0.2) is 47.5 Å². The number of nitrogens with zero attached hydrogens (tertiary/aromatic N) is 2. The fourth-order valence-electron chi connectivity index (χ4n) is 4.14. The molecule has 166 valence electrons. The standard InChI is InChI=1S/C22H20Cl2N4O2S2/c1-13-22(17-10-14(23)11-18(24)21(17)31-13)32(29,30)27-15-2-3-19-16(12-15)20(4-5-26-19)28-8-6-25-7-9-28/h2-5,10-12,25,27H,6-9H2,1H3. The van der Waals surface area contributed by atoms with Crippen LogP contribution in [-0.2, 0) is 10.0 Å². The molecule has 0 aliphatic carbocycles. The Hall–Kier alpha value is -2.10. The summed E-state index contributed by atoms with van der Waals surface area (Å²) in [6.45, 7) is 5.36. The molecule has 0 amide bonds. The van der Waals surface area contributed by atoms with E-state index in [0.717, 1.165) is 42.8 Å². The maximum absolute atomic E-state index is 13.4. The highest BCUT2D eigenvalue weighted by molar-refractivity contribution is 7.93. The lowest BCUT2D eigenvalue weighted by molar-refractivity contribution is 0.590. The van der Waals surface area contributed by atoms with Gasteiger partial charge in [-0.3, -0.25) is 9.71 Å². The van der Waals surface area contributed by atoms with Gasteiger partial charge in [0.15, 0.2) is 0 Å². The predicted octanol–water partition coefficient (Wildman–Crippen LogP) is 5.28. The molecule has 3 heterocycles. The number of benzene rings is 2. The van der Waals surface area contributed by atoms with Gasteiger partial charge in [0.2, 0.25) is 0 Å². The Morgan fingerprint density at radius 3 is 2.66 bits per heavy atom. The quantitative estimate of drug-likeness (QED) is 0.394. The molecule has 1 aliphatic heterocycles. The molecule has 0 saturated carbocycles. The maximum Gasteiger partial charge on any atom is 0.263 e. The van der Waals surface area contributed by atoms with E-state index in [1.54, 1.807) is 31.3 Å². The van der Waals surface area contributed by atoms with E-state index in [9.17, 15) is 8.42 Å². The summed E-state index contributed by atoms with van der Waals surface area (Å²) >= 11 is 13.8. The molecule has 1 saturated heterocycles. The van der Waals surface area contributed by atoms with Gasteiger partial charge in [0.05, 0.1) is 15.2 Å². The van der Waals surface area contributed by atoms with Crippen molar-refractivity contribution < 1.29 is 8.42 Å². The summed E-state index contributed by atoms with van der Waals surface area (Å²) < 4.78 is 30.3. The van der Waals surface area contributed by atoms with E-state index in [0.29, 0.717) is 30.7 Å². The summed E-state index contributed by atoms with van der Waals surface area (Å²) in [5, 5.41) is 5.63. The van der Waals surface area contributed by atoms with Crippen molar-refractivity contribution in [3.8, 4) is 0 Å². The number of hydrogen-bond acceptors (Lipinski definition) is 6. The van der Waals surface area contributed by atoms with Gasteiger partial charge in [-0.1, -0.05) is 23.2 Å². The van der Waals surface area contributed by atoms with Crippen molar-refractivity contribution >= 4 is 76.9 Å². The third-order valence-electron chi connectivity index (χ3n) is 5.53. The first-order valence-electron chi connectivity index (χ1n) is 10.1. The third-order valence-corrected chi connectivity index (χ3v) is 9.00. The van der Waals surface area contributed by atoms with Crippen LogP contribution < -0.4 is 14.9 Å². The third kappa shape index (κ3) is 3.91. The highest BCUT2D eigenvalue weighted by atomic mass is 35.5. The van der Waals surface area contributed by atoms with Crippen molar-refractivity contribution in [1.82, 2.24) is 10.3 Å². The van der Waals surface area contributed by atoms with Gasteiger partial charge in [-0.2, -0.15) is 0 Å². The van der Waals surface area contributed by atoms with Gasteiger partial charge in [0.25, 0.3) is 10.0 Å². The minimum absolute atomic E-state index is 0.204. The number of sulfonamides is 1. The van der Waals surface area contributed by atoms with Crippen molar-refractivity contribution in [3.05, 3.63) is 57.5 Å². The van der Waals surface area contributed by atoms with E-state index in [-0.39, 0.29) is 4.90 Å². The molecule has 1 aliphatic rings. The number of hydrogen-bond donors (Lipinski definition) is 2. The molecule has 0 bridgehead atoms. The first kappa shape index (κ1) is 21.7. The first-order valence-corrected chi connectivity index (χ1v) is 13.1. The van der Waals surface area contributed by atoms with Gasteiger partial charge in [0.1, 0.15) is 4.90 Å². The van der Waals surface area contributed by atoms with Gasteiger partial charge in [-0.15, -0.1) is 11.3 Å². The van der Waals surface area contributed by atoms with Crippen molar-refractivity contribution in [2.24, 2.45) is 0 Å². The number of fused-ring (bicyclic) bond motifs is 2. The normalized spacial score (nSPS) is 14.9. The number of piperazine rings is 1. The van der Waals surface area contributed by atoms with Crippen LogP contribution in [0.25, 0.3) is 21.0 Å².